The number of benzene rings is 2. The molecule has 0 amide bonds. The summed E-state index contributed by atoms with van der Waals surface area (Å²) < 4.78 is 12.8. The first kappa shape index (κ1) is 29.2. The number of nitrogens with zero attached hydrogens (tertiary/aromatic N) is 5. The summed E-state index contributed by atoms with van der Waals surface area (Å²) in [7, 11) is 2.06. The van der Waals surface area contributed by atoms with Crippen LogP contribution >= 0.6 is 11.3 Å². The number of anilines is 1. The van der Waals surface area contributed by atoms with Gasteiger partial charge in [0, 0.05) is 49.6 Å². The van der Waals surface area contributed by atoms with Crippen molar-refractivity contribution >= 4 is 34.8 Å². The Bertz CT molecular complexity index is 1720. The van der Waals surface area contributed by atoms with Gasteiger partial charge in [0.2, 0.25) is 0 Å². The van der Waals surface area contributed by atoms with Gasteiger partial charge < -0.3 is 19.3 Å². The van der Waals surface area contributed by atoms with Crippen LogP contribution in [0.25, 0.3) is 6.08 Å². The number of nitro benzene ring substituents is 1. The molecule has 2 aliphatic rings. The van der Waals surface area contributed by atoms with Crippen LogP contribution in [0.2, 0.25) is 0 Å². The molecule has 1 saturated heterocycles. The average molecular weight is 592 g/mol. The summed E-state index contributed by atoms with van der Waals surface area (Å²) in [6.07, 6.45) is 1.70. The normalized spacial score (nSPS) is 17.6. The number of non-ortho nitro benzene ring substituents is 1. The molecular formula is C30H33N5O6S. The van der Waals surface area contributed by atoms with Crippen LogP contribution in [0.15, 0.2) is 63.5 Å². The third-order valence-corrected chi connectivity index (χ3v) is 8.36. The number of fused-ring (bicyclic) bond motifs is 1. The molecular weight excluding hydrogens is 558 g/mol. The van der Waals surface area contributed by atoms with Gasteiger partial charge in [0.1, 0.15) is 5.75 Å². The van der Waals surface area contributed by atoms with Gasteiger partial charge >= 0.3 is 5.97 Å². The maximum atomic E-state index is 14.1. The lowest BCUT2D eigenvalue weighted by atomic mass is 9.96. The molecule has 42 heavy (non-hydrogen) atoms. The largest absolute Gasteiger partial charge is 0.494 e. The molecule has 12 heteroatoms. The van der Waals surface area contributed by atoms with E-state index < -0.39 is 16.9 Å². The molecule has 11 nitrogen and oxygen atoms in total. The van der Waals surface area contributed by atoms with E-state index >= 15 is 0 Å². The minimum absolute atomic E-state index is 0.0559. The quantitative estimate of drug-likeness (QED) is 0.223. The van der Waals surface area contributed by atoms with Crippen LogP contribution in [0.5, 0.6) is 5.75 Å². The van der Waals surface area contributed by atoms with Crippen molar-refractivity contribution in [3.63, 3.8) is 0 Å². The number of likely N-dealkylation sites (N-methyl/N-ethyl adjacent to an activating group) is 1. The highest BCUT2D eigenvalue weighted by Gasteiger charge is 2.33. The maximum Gasteiger partial charge on any atom is 0.338 e. The summed E-state index contributed by atoms with van der Waals surface area (Å²) in [5.41, 5.74) is 2.46. The van der Waals surface area contributed by atoms with Gasteiger partial charge in [-0.05, 0) is 57.7 Å². The highest BCUT2D eigenvalue weighted by Crippen LogP contribution is 2.32. The molecule has 220 valence electrons. The fourth-order valence-corrected chi connectivity index (χ4v) is 6.31. The minimum atomic E-state index is -0.764. The lowest BCUT2D eigenvalue weighted by Gasteiger charge is -2.34. The Labute approximate surface area is 246 Å². The first-order chi connectivity index (χ1) is 20.2. The SMILES string of the molecule is CCOC(=O)C1=C(C)N=c2s/c(=C\c3cc([N+](=O)[O-])ccc3N3CCN(C)CC3)c(=O)n2[C@H]1c1ccc(OCC)cc1. The van der Waals surface area contributed by atoms with E-state index in [0.29, 0.717) is 38.5 Å². The highest BCUT2D eigenvalue weighted by molar-refractivity contribution is 7.07. The number of allylic oxidation sites excluding steroid dienone is 1. The number of aromatic nitrogens is 1. The predicted octanol–water partition coefficient (Wildman–Crippen LogP) is 2.86. The highest BCUT2D eigenvalue weighted by atomic mass is 32.1. The number of hydrogen-bond acceptors (Lipinski definition) is 10. The van der Waals surface area contributed by atoms with Gasteiger partial charge in [-0.25, -0.2) is 9.79 Å². The van der Waals surface area contributed by atoms with Gasteiger partial charge in [0.05, 0.1) is 40.0 Å². The second-order valence-corrected chi connectivity index (χ2v) is 11.1. The number of ether oxygens (including phenoxy) is 2. The molecule has 2 aliphatic heterocycles. The molecule has 0 bridgehead atoms. The number of piperazine rings is 1. The fourth-order valence-electron chi connectivity index (χ4n) is 5.27. The fraction of sp³-hybridized carbons (Fsp3) is 0.367. The van der Waals surface area contributed by atoms with Crippen molar-refractivity contribution < 1.29 is 19.2 Å². The lowest BCUT2D eigenvalue weighted by molar-refractivity contribution is -0.384. The van der Waals surface area contributed by atoms with E-state index in [0.717, 1.165) is 31.9 Å². The molecule has 3 aromatic rings. The van der Waals surface area contributed by atoms with Gasteiger partial charge in [0.15, 0.2) is 4.80 Å². The van der Waals surface area contributed by atoms with Crippen molar-refractivity contribution in [3.8, 4) is 5.75 Å². The van der Waals surface area contributed by atoms with Crippen LogP contribution in [0.1, 0.15) is 37.9 Å². The number of nitro groups is 1. The lowest BCUT2D eigenvalue weighted by Crippen LogP contribution is -2.44. The molecule has 0 spiro atoms. The summed E-state index contributed by atoms with van der Waals surface area (Å²) >= 11 is 1.19. The van der Waals surface area contributed by atoms with Crippen molar-refractivity contribution in [3.05, 3.63) is 94.7 Å². The van der Waals surface area contributed by atoms with E-state index in [1.165, 1.54) is 28.0 Å². The van der Waals surface area contributed by atoms with Crippen molar-refractivity contribution in [2.45, 2.75) is 26.8 Å². The molecule has 3 heterocycles. The Morgan fingerprint density at radius 2 is 1.83 bits per heavy atom. The van der Waals surface area contributed by atoms with E-state index in [4.69, 9.17) is 9.47 Å². The summed E-state index contributed by atoms with van der Waals surface area (Å²) in [6, 6.07) is 11.3. The molecule has 0 aliphatic carbocycles. The van der Waals surface area contributed by atoms with E-state index in [1.54, 1.807) is 38.1 Å². The standard InChI is InChI=1S/C30H33N5O6S/c1-5-40-23-10-7-20(8-11-23)27-26(29(37)41-6-2)19(3)31-30-34(27)28(36)25(42-30)18-21-17-22(35(38)39)9-12-24(21)33-15-13-32(4)14-16-33/h7-12,17-18,27H,5-6,13-16H2,1-4H3/b25-18-/t27-/m0/s1. The van der Waals surface area contributed by atoms with Crippen LogP contribution in [-0.2, 0) is 9.53 Å². The zero-order valence-electron chi connectivity index (χ0n) is 24.0. The Kier molecular flexibility index (Phi) is 8.55. The number of carbonyl (C=O) groups excluding carboxylic acids is 1. The Balaban J connectivity index is 1.68. The van der Waals surface area contributed by atoms with E-state index in [1.807, 2.05) is 19.1 Å². The number of hydrogen-bond donors (Lipinski definition) is 0. The monoisotopic (exact) mass is 591 g/mol. The molecule has 5 rings (SSSR count). The molecule has 0 radical (unpaired) electrons. The van der Waals surface area contributed by atoms with Gasteiger partial charge in [-0.3, -0.25) is 19.5 Å². The van der Waals surface area contributed by atoms with Crippen LogP contribution in [-0.4, -0.2) is 66.8 Å². The molecule has 0 unspecified atom stereocenters. The summed E-state index contributed by atoms with van der Waals surface area (Å²) in [6.45, 7) is 9.28. The van der Waals surface area contributed by atoms with E-state index in [2.05, 4.69) is 21.8 Å². The molecule has 0 N–H and O–H groups in total. The van der Waals surface area contributed by atoms with Crippen LogP contribution in [0.4, 0.5) is 11.4 Å². The van der Waals surface area contributed by atoms with Crippen molar-refractivity contribution in [2.75, 3.05) is 51.3 Å². The topological polar surface area (TPSA) is 120 Å². The molecule has 2 aromatic carbocycles. The first-order valence-corrected chi connectivity index (χ1v) is 14.7. The average Bonchev–Trinajstić information content (AvgIpc) is 3.27. The summed E-state index contributed by atoms with van der Waals surface area (Å²) in [5, 5.41) is 11.7. The Morgan fingerprint density at radius 1 is 1.12 bits per heavy atom. The van der Waals surface area contributed by atoms with Crippen molar-refractivity contribution in [1.82, 2.24) is 9.47 Å². The second kappa shape index (κ2) is 12.3. The van der Waals surface area contributed by atoms with Gasteiger partial charge in [0.25, 0.3) is 11.2 Å². The van der Waals surface area contributed by atoms with Crippen LogP contribution in [0, 0.1) is 10.1 Å². The minimum Gasteiger partial charge on any atom is -0.494 e. The third-order valence-electron chi connectivity index (χ3n) is 7.38. The Morgan fingerprint density at radius 3 is 2.48 bits per heavy atom. The number of rotatable bonds is 8. The van der Waals surface area contributed by atoms with E-state index in [-0.39, 0.29) is 23.4 Å². The van der Waals surface area contributed by atoms with Crippen LogP contribution < -0.4 is 24.5 Å². The zero-order chi connectivity index (χ0) is 30.0. The molecule has 1 fully saturated rings. The number of thiazole rings is 1. The third kappa shape index (κ3) is 5.72. The van der Waals surface area contributed by atoms with Gasteiger partial charge in [-0.2, -0.15) is 0 Å². The first-order valence-electron chi connectivity index (χ1n) is 13.9. The number of esters is 1. The van der Waals surface area contributed by atoms with Crippen molar-refractivity contribution in [1.29, 1.82) is 0 Å². The molecule has 1 atom stereocenters. The molecule has 0 saturated carbocycles. The summed E-state index contributed by atoms with van der Waals surface area (Å²) in [5.74, 6) is 0.136. The van der Waals surface area contributed by atoms with Crippen molar-refractivity contribution in [2.24, 2.45) is 4.99 Å². The second-order valence-electron chi connectivity index (χ2n) is 10.1. The summed E-state index contributed by atoms with van der Waals surface area (Å²) in [4.78, 5) is 47.9. The zero-order valence-corrected chi connectivity index (χ0v) is 24.8. The van der Waals surface area contributed by atoms with Gasteiger partial charge in [-0.15, -0.1) is 0 Å². The Hall–Kier alpha value is -4.29. The smallest absolute Gasteiger partial charge is 0.338 e. The number of carbonyl (C=O) groups is 1. The molecule has 1 aromatic heterocycles. The predicted molar refractivity (Wildman–Crippen MR) is 161 cm³/mol. The van der Waals surface area contributed by atoms with E-state index in [9.17, 15) is 19.7 Å². The van der Waals surface area contributed by atoms with Gasteiger partial charge in [-0.1, -0.05) is 23.5 Å². The maximum absolute atomic E-state index is 14.1. The van der Waals surface area contributed by atoms with Crippen LogP contribution in [0.3, 0.4) is 0 Å².